The Balaban J connectivity index is 2.94. The van der Waals surface area contributed by atoms with Crippen LogP contribution in [0.1, 0.15) is 5.69 Å². The molecule has 0 radical (unpaired) electrons. The molecule has 7 nitrogen and oxygen atoms in total. The van der Waals surface area contributed by atoms with Crippen LogP contribution in [0.5, 0.6) is 0 Å². The number of carboxylic acids is 1. The highest BCUT2D eigenvalue weighted by molar-refractivity contribution is 5.67. The Bertz CT molecular complexity index is 514. The maximum Gasteiger partial charge on any atom is 0.330 e. The first-order chi connectivity index (χ1) is 7.43. The molecular formula is C9H12N2O5. The van der Waals surface area contributed by atoms with Gasteiger partial charge < -0.3 is 9.84 Å². The topological polar surface area (TPSA) is 90.5 Å². The van der Waals surface area contributed by atoms with Gasteiger partial charge in [-0.25, -0.2) is 9.59 Å². The summed E-state index contributed by atoms with van der Waals surface area (Å²) in [5.41, 5.74) is -0.576. The first kappa shape index (κ1) is 12.2. The molecule has 0 unspecified atom stereocenters. The van der Waals surface area contributed by atoms with E-state index in [9.17, 15) is 14.4 Å². The van der Waals surface area contributed by atoms with Gasteiger partial charge in [-0.2, -0.15) is 0 Å². The third-order valence-corrected chi connectivity index (χ3v) is 2.10. The molecule has 1 aromatic heterocycles. The summed E-state index contributed by atoms with van der Waals surface area (Å²) in [4.78, 5) is 33.0. The van der Waals surface area contributed by atoms with Crippen molar-refractivity contribution in [3.05, 3.63) is 32.6 Å². The lowest BCUT2D eigenvalue weighted by Gasteiger charge is -2.08. The predicted octanol–water partition coefficient (Wildman–Crippen LogP) is -1.31. The maximum absolute atomic E-state index is 11.5. The van der Waals surface area contributed by atoms with E-state index in [0.29, 0.717) is 5.69 Å². The van der Waals surface area contributed by atoms with Gasteiger partial charge in [0.2, 0.25) is 0 Å². The predicted molar refractivity (Wildman–Crippen MR) is 54.2 cm³/mol. The average molecular weight is 228 g/mol. The van der Waals surface area contributed by atoms with Gasteiger partial charge in [0.05, 0.1) is 12.3 Å². The molecule has 0 aliphatic heterocycles. The fourth-order valence-corrected chi connectivity index (χ4v) is 1.16. The van der Waals surface area contributed by atoms with Crippen molar-refractivity contribution >= 4 is 5.97 Å². The van der Waals surface area contributed by atoms with Gasteiger partial charge in [0.25, 0.3) is 5.56 Å². The molecule has 7 heteroatoms. The SMILES string of the molecule is Cn1c(COCC(=O)O)cc(=O)n(C)c1=O. The standard InChI is InChI=1S/C9H12N2O5/c1-10-6(4-16-5-8(13)14)3-7(12)11(2)9(10)15/h3H,4-5H2,1-2H3,(H,13,14). The van der Waals surface area contributed by atoms with Gasteiger partial charge in [-0.1, -0.05) is 0 Å². The van der Waals surface area contributed by atoms with Gasteiger partial charge >= 0.3 is 11.7 Å². The molecule has 0 spiro atoms. The van der Waals surface area contributed by atoms with Crippen LogP contribution < -0.4 is 11.2 Å². The van der Waals surface area contributed by atoms with Crippen molar-refractivity contribution in [2.75, 3.05) is 6.61 Å². The summed E-state index contributed by atoms with van der Waals surface area (Å²) in [5.74, 6) is -1.10. The number of aromatic nitrogens is 2. The second kappa shape index (κ2) is 4.75. The van der Waals surface area contributed by atoms with E-state index in [-0.39, 0.29) is 6.61 Å². The van der Waals surface area contributed by atoms with Crippen molar-refractivity contribution in [2.45, 2.75) is 6.61 Å². The number of aliphatic carboxylic acids is 1. The summed E-state index contributed by atoms with van der Waals surface area (Å²) in [6.45, 7) is -0.558. The third-order valence-electron chi connectivity index (χ3n) is 2.10. The molecule has 0 bridgehead atoms. The number of hydrogen-bond acceptors (Lipinski definition) is 4. The van der Waals surface area contributed by atoms with Crippen LogP contribution in [0.3, 0.4) is 0 Å². The van der Waals surface area contributed by atoms with E-state index in [1.54, 1.807) is 0 Å². The van der Waals surface area contributed by atoms with Crippen LogP contribution in [0.15, 0.2) is 15.7 Å². The minimum absolute atomic E-state index is 0.0892. The summed E-state index contributed by atoms with van der Waals surface area (Å²) in [7, 11) is 2.85. The lowest BCUT2D eigenvalue weighted by Crippen LogP contribution is -2.38. The minimum Gasteiger partial charge on any atom is -0.480 e. The van der Waals surface area contributed by atoms with Gasteiger partial charge in [-0.05, 0) is 0 Å². The zero-order valence-corrected chi connectivity index (χ0v) is 8.97. The van der Waals surface area contributed by atoms with Crippen LogP contribution in [0.2, 0.25) is 0 Å². The Hall–Kier alpha value is -1.89. The molecule has 0 saturated carbocycles. The van der Waals surface area contributed by atoms with E-state index in [0.717, 1.165) is 4.57 Å². The summed E-state index contributed by atoms with van der Waals surface area (Å²) >= 11 is 0. The Morgan fingerprint density at radius 1 is 1.38 bits per heavy atom. The molecule has 0 aliphatic carbocycles. The van der Waals surface area contributed by atoms with E-state index in [4.69, 9.17) is 9.84 Å². The van der Waals surface area contributed by atoms with E-state index in [2.05, 4.69) is 0 Å². The molecule has 0 saturated heterocycles. The van der Waals surface area contributed by atoms with Crippen LogP contribution in [-0.2, 0) is 30.2 Å². The summed E-state index contributed by atoms with van der Waals surface area (Å²) < 4.78 is 7.00. The molecule has 0 aliphatic rings. The highest BCUT2D eigenvalue weighted by atomic mass is 16.5. The van der Waals surface area contributed by atoms with Crippen LogP contribution in [-0.4, -0.2) is 26.8 Å². The lowest BCUT2D eigenvalue weighted by atomic mass is 10.4. The molecule has 1 rings (SSSR count). The molecule has 88 valence electrons. The normalized spacial score (nSPS) is 10.4. The Labute approximate surface area is 90.5 Å². The van der Waals surface area contributed by atoms with Gasteiger partial charge in [0.1, 0.15) is 6.61 Å². The zero-order chi connectivity index (χ0) is 12.3. The van der Waals surface area contributed by atoms with Crippen molar-refractivity contribution < 1.29 is 14.6 Å². The van der Waals surface area contributed by atoms with E-state index in [1.165, 1.54) is 24.7 Å². The van der Waals surface area contributed by atoms with Crippen molar-refractivity contribution in [1.29, 1.82) is 0 Å². The van der Waals surface area contributed by atoms with Gasteiger partial charge in [-0.3, -0.25) is 13.9 Å². The second-order valence-electron chi connectivity index (χ2n) is 3.26. The second-order valence-corrected chi connectivity index (χ2v) is 3.26. The summed E-state index contributed by atoms with van der Waals surface area (Å²) in [5, 5.41) is 8.35. The number of ether oxygens (including phenoxy) is 1. The van der Waals surface area contributed by atoms with Crippen molar-refractivity contribution in [3.8, 4) is 0 Å². The summed E-state index contributed by atoms with van der Waals surface area (Å²) in [6.07, 6.45) is 0. The number of carboxylic acid groups (broad SMARTS) is 1. The molecule has 0 fully saturated rings. The van der Waals surface area contributed by atoms with Crippen molar-refractivity contribution in [2.24, 2.45) is 14.1 Å². The highest BCUT2D eigenvalue weighted by Gasteiger charge is 2.06. The van der Waals surface area contributed by atoms with Crippen molar-refractivity contribution in [1.82, 2.24) is 9.13 Å². The largest absolute Gasteiger partial charge is 0.480 e. The number of nitrogens with zero attached hydrogens (tertiary/aromatic N) is 2. The molecular weight excluding hydrogens is 216 g/mol. The first-order valence-electron chi connectivity index (χ1n) is 4.49. The third kappa shape index (κ3) is 2.57. The lowest BCUT2D eigenvalue weighted by molar-refractivity contribution is -0.142. The van der Waals surface area contributed by atoms with Crippen molar-refractivity contribution in [3.63, 3.8) is 0 Å². The van der Waals surface area contributed by atoms with E-state index < -0.39 is 23.8 Å². The smallest absolute Gasteiger partial charge is 0.330 e. The fraction of sp³-hybridized carbons (Fsp3) is 0.444. The zero-order valence-electron chi connectivity index (χ0n) is 8.97. The first-order valence-corrected chi connectivity index (χ1v) is 4.49. The average Bonchev–Trinajstić information content (AvgIpc) is 2.22. The Morgan fingerprint density at radius 3 is 2.56 bits per heavy atom. The van der Waals surface area contributed by atoms with Gasteiger partial charge in [-0.15, -0.1) is 0 Å². The highest BCUT2D eigenvalue weighted by Crippen LogP contribution is 1.93. The number of hydrogen-bond donors (Lipinski definition) is 1. The molecule has 0 atom stereocenters. The molecule has 1 N–H and O–H groups in total. The maximum atomic E-state index is 11.5. The monoisotopic (exact) mass is 228 g/mol. The molecule has 1 heterocycles. The van der Waals surface area contributed by atoms with Crippen LogP contribution in [0, 0.1) is 0 Å². The van der Waals surface area contributed by atoms with Gasteiger partial charge in [0, 0.05) is 20.2 Å². The minimum atomic E-state index is -1.10. The Kier molecular flexibility index (Phi) is 3.62. The van der Waals surface area contributed by atoms with Crippen LogP contribution in [0.25, 0.3) is 0 Å². The molecule has 1 aromatic rings. The number of carbonyl (C=O) groups is 1. The quantitative estimate of drug-likeness (QED) is 0.690. The molecule has 0 aromatic carbocycles. The fourth-order valence-electron chi connectivity index (χ4n) is 1.16. The molecule has 16 heavy (non-hydrogen) atoms. The van der Waals surface area contributed by atoms with Gasteiger partial charge in [0.15, 0.2) is 0 Å². The number of rotatable bonds is 4. The van der Waals surface area contributed by atoms with E-state index >= 15 is 0 Å². The Morgan fingerprint density at radius 2 is 2.00 bits per heavy atom. The van der Waals surface area contributed by atoms with Crippen LogP contribution in [0.4, 0.5) is 0 Å². The molecule has 0 amide bonds. The van der Waals surface area contributed by atoms with E-state index in [1.807, 2.05) is 0 Å². The summed E-state index contributed by atoms with van der Waals surface area (Å²) in [6, 6.07) is 1.24. The van der Waals surface area contributed by atoms with Crippen LogP contribution >= 0.6 is 0 Å².